The molecule has 0 saturated carbocycles. The molecule has 2 aromatic rings. The van der Waals surface area contributed by atoms with Crippen LogP contribution in [0.1, 0.15) is 19.4 Å². The van der Waals surface area contributed by atoms with E-state index in [0.717, 1.165) is 11.3 Å². The van der Waals surface area contributed by atoms with Crippen molar-refractivity contribution >= 4 is 33.2 Å². The van der Waals surface area contributed by atoms with Crippen LogP contribution in [0.3, 0.4) is 0 Å². The lowest BCUT2D eigenvalue weighted by atomic mass is 9.96. The predicted octanol–water partition coefficient (Wildman–Crippen LogP) is 3.22. The fourth-order valence-corrected chi connectivity index (χ4v) is 4.32. The van der Waals surface area contributed by atoms with Gasteiger partial charge < -0.3 is 10.1 Å². The van der Waals surface area contributed by atoms with Gasteiger partial charge in [0.25, 0.3) is 0 Å². The molecular weight excluding hydrogens is 388 g/mol. The summed E-state index contributed by atoms with van der Waals surface area (Å²) in [5.41, 5.74) is 1.43. The van der Waals surface area contributed by atoms with E-state index < -0.39 is 10.0 Å². The second-order valence-electron chi connectivity index (χ2n) is 6.75. The Bertz CT molecular complexity index is 943. The van der Waals surface area contributed by atoms with Crippen LogP contribution in [-0.4, -0.2) is 27.0 Å². The average molecular weight is 409 g/mol. The number of halogens is 1. The highest BCUT2D eigenvalue weighted by Crippen LogP contribution is 2.30. The summed E-state index contributed by atoms with van der Waals surface area (Å²) in [5.74, 6) is 0.217. The molecular formula is C19H21ClN2O4S. The summed E-state index contributed by atoms with van der Waals surface area (Å²) in [6.45, 7) is 3.79. The maximum atomic E-state index is 12.5. The van der Waals surface area contributed by atoms with Crippen LogP contribution in [0, 0.1) is 5.92 Å². The van der Waals surface area contributed by atoms with E-state index in [1.165, 1.54) is 12.1 Å². The van der Waals surface area contributed by atoms with Gasteiger partial charge in [0, 0.05) is 16.8 Å². The molecule has 0 bridgehead atoms. The van der Waals surface area contributed by atoms with Gasteiger partial charge in [0.1, 0.15) is 12.4 Å². The number of hydrogen-bond acceptors (Lipinski definition) is 4. The Morgan fingerprint density at radius 3 is 2.56 bits per heavy atom. The third-order valence-electron chi connectivity index (χ3n) is 4.12. The van der Waals surface area contributed by atoms with E-state index >= 15 is 0 Å². The summed E-state index contributed by atoms with van der Waals surface area (Å²) in [5, 5.41) is 3.41. The van der Waals surface area contributed by atoms with Crippen molar-refractivity contribution < 1.29 is 17.9 Å². The van der Waals surface area contributed by atoms with E-state index in [0.29, 0.717) is 17.1 Å². The molecule has 2 N–H and O–H groups in total. The van der Waals surface area contributed by atoms with Gasteiger partial charge in [-0.05, 0) is 68.3 Å². The molecule has 1 atom stereocenters. The number of carbonyl (C=O) groups excluding carboxylic acids is 1. The van der Waals surface area contributed by atoms with Gasteiger partial charge in [-0.3, -0.25) is 4.79 Å². The van der Waals surface area contributed by atoms with Crippen LogP contribution in [0.2, 0.25) is 5.02 Å². The lowest BCUT2D eigenvalue weighted by Crippen LogP contribution is -2.32. The maximum absolute atomic E-state index is 12.5. The largest absolute Gasteiger partial charge is 0.492 e. The molecule has 1 amide bonds. The highest BCUT2D eigenvalue weighted by atomic mass is 35.5. The molecule has 1 aliphatic rings. The normalized spacial score (nSPS) is 16.5. The van der Waals surface area contributed by atoms with E-state index in [1.807, 2.05) is 0 Å². The summed E-state index contributed by atoms with van der Waals surface area (Å²) < 4.78 is 32.4. The first-order valence-corrected chi connectivity index (χ1v) is 10.5. The molecule has 0 aromatic heterocycles. The van der Waals surface area contributed by atoms with E-state index in [4.69, 9.17) is 16.3 Å². The van der Waals surface area contributed by atoms with Crippen molar-refractivity contribution in [1.29, 1.82) is 0 Å². The Morgan fingerprint density at radius 1 is 1.19 bits per heavy atom. The molecule has 1 heterocycles. The highest BCUT2D eigenvalue weighted by Gasteiger charge is 2.26. The molecule has 0 spiro atoms. The number of benzene rings is 2. The van der Waals surface area contributed by atoms with E-state index in [2.05, 4.69) is 10.0 Å². The van der Waals surface area contributed by atoms with Crippen molar-refractivity contribution in [2.75, 3.05) is 11.9 Å². The number of sulfonamides is 1. The number of amides is 1. The molecule has 6 nitrogen and oxygen atoms in total. The Balaban J connectivity index is 1.66. The molecule has 0 unspecified atom stereocenters. The number of nitrogens with one attached hydrogen (secondary N) is 2. The highest BCUT2D eigenvalue weighted by molar-refractivity contribution is 7.89. The second kappa shape index (κ2) is 7.88. The van der Waals surface area contributed by atoms with Crippen molar-refractivity contribution in [2.45, 2.75) is 31.2 Å². The molecule has 3 rings (SSSR count). The first-order valence-electron chi connectivity index (χ1n) is 8.59. The van der Waals surface area contributed by atoms with Crippen molar-refractivity contribution in [1.82, 2.24) is 4.72 Å². The topological polar surface area (TPSA) is 84.5 Å². The smallest absolute Gasteiger partial charge is 0.240 e. The van der Waals surface area contributed by atoms with Crippen LogP contribution in [0.4, 0.5) is 5.69 Å². The van der Waals surface area contributed by atoms with E-state index in [9.17, 15) is 13.2 Å². The van der Waals surface area contributed by atoms with Crippen LogP contribution in [0.15, 0.2) is 47.4 Å². The molecule has 0 saturated heterocycles. The zero-order chi connectivity index (χ0) is 19.6. The Hall–Kier alpha value is -2.09. The molecule has 2 aromatic carbocycles. The van der Waals surface area contributed by atoms with Gasteiger partial charge in [0.15, 0.2) is 0 Å². The number of ether oxygens (including phenoxy) is 1. The molecule has 1 aliphatic heterocycles. The predicted molar refractivity (Wildman–Crippen MR) is 105 cm³/mol. The first kappa shape index (κ1) is 19.7. The molecule has 8 heteroatoms. The quantitative estimate of drug-likeness (QED) is 0.795. The van der Waals surface area contributed by atoms with Crippen molar-refractivity contribution in [2.24, 2.45) is 5.92 Å². The maximum Gasteiger partial charge on any atom is 0.240 e. The fraction of sp³-hybridized carbons (Fsp3) is 0.316. The Morgan fingerprint density at radius 2 is 1.89 bits per heavy atom. The standard InChI is InChI=1S/C19H21ClN2O4S/c1-12(2)22-27(24,25)17-6-4-16(5-7-17)21-19(23)14-9-13-10-15(20)3-8-18(13)26-11-14/h3-8,10,12,14,22H,9,11H2,1-2H3,(H,21,23)/t14-/m1/s1. The van der Waals surface area contributed by atoms with Crippen LogP contribution in [0.25, 0.3) is 0 Å². The van der Waals surface area contributed by atoms with Crippen LogP contribution in [0.5, 0.6) is 5.75 Å². The summed E-state index contributed by atoms with van der Waals surface area (Å²) in [4.78, 5) is 12.7. The van der Waals surface area contributed by atoms with Crippen molar-refractivity contribution in [3.8, 4) is 5.75 Å². The number of hydrogen-bond donors (Lipinski definition) is 2. The van der Waals surface area contributed by atoms with E-state index in [-0.39, 0.29) is 29.4 Å². The minimum absolute atomic E-state index is 0.152. The van der Waals surface area contributed by atoms with E-state index in [1.54, 1.807) is 44.2 Å². The second-order valence-corrected chi connectivity index (χ2v) is 8.90. The van der Waals surface area contributed by atoms with Crippen molar-refractivity contribution in [3.05, 3.63) is 53.1 Å². The number of rotatable bonds is 5. The monoisotopic (exact) mass is 408 g/mol. The number of carbonyl (C=O) groups is 1. The lowest BCUT2D eigenvalue weighted by Gasteiger charge is -2.24. The van der Waals surface area contributed by atoms with Gasteiger partial charge in [-0.1, -0.05) is 11.6 Å². The summed E-state index contributed by atoms with van der Waals surface area (Å²) in [6, 6.07) is 11.2. The third kappa shape index (κ3) is 4.80. The zero-order valence-corrected chi connectivity index (χ0v) is 16.6. The van der Waals surface area contributed by atoms with Gasteiger partial charge in [-0.2, -0.15) is 0 Å². The zero-order valence-electron chi connectivity index (χ0n) is 15.0. The van der Waals surface area contributed by atoms with Gasteiger partial charge in [-0.15, -0.1) is 0 Å². The number of anilines is 1. The SMILES string of the molecule is CC(C)NS(=O)(=O)c1ccc(NC(=O)[C@H]2COc3ccc(Cl)cc3C2)cc1. The van der Waals surface area contributed by atoms with Gasteiger partial charge in [-0.25, -0.2) is 13.1 Å². The van der Waals surface area contributed by atoms with Crippen LogP contribution in [-0.2, 0) is 21.2 Å². The molecule has 27 heavy (non-hydrogen) atoms. The first-order chi connectivity index (χ1) is 12.7. The molecule has 0 aliphatic carbocycles. The molecule has 0 fully saturated rings. The summed E-state index contributed by atoms with van der Waals surface area (Å²) >= 11 is 6.01. The Kier molecular flexibility index (Phi) is 5.74. The summed E-state index contributed by atoms with van der Waals surface area (Å²) in [6.07, 6.45) is 0.534. The average Bonchev–Trinajstić information content (AvgIpc) is 2.60. The van der Waals surface area contributed by atoms with Crippen molar-refractivity contribution in [3.63, 3.8) is 0 Å². The third-order valence-corrected chi connectivity index (χ3v) is 6.03. The van der Waals surface area contributed by atoms with Crippen LogP contribution >= 0.6 is 11.6 Å². The van der Waals surface area contributed by atoms with Gasteiger partial charge in [0.2, 0.25) is 15.9 Å². The van der Waals surface area contributed by atoms with Gasteiger partial charge in [0.05, 0.1) is 10.8 Å². The minimum atomic E-state index is -3.56. The lowest BCUT2D eigenvalue weighted by molar-refractivity contribution is -0.121. The number of fused-ring (bicyclic) bond motifs is 1. The minimum Gasteiger partial charge on any atom is -0.492 e. The van der Waals surface area contributed by atoms with Gasteiger partial charge >= 0.3 is 0 Å². The molecule has 144 valence electrons. The molecule has 0 radical (unpaired) electrons. The Labute approximate surface area is 163 Å². The van der Waals surface area contributed by atoms with Crippen LogP contribution < -0.4 is 14.8 Å². The summed E-state index contributed by atoms with van der Waals surface area (Å²) in [7, 11) is -3.56. The fourth-order valence-electron chi connectivity index (χ4n) is 2.87.